The third-order valence-electron chi connectivity index (χ3n) is 4.45. The Hall–Kier alpha value is -1.96. The van der Waals surface area contributed by atoms with E-state index in [9.17, 15) is 18.0 Å². The first kappa shape index (κ1) is 21.7. The van der Waals surface area contributed by atoms with E-state index in [-0.39, 0.29) is 24.4 Å². The molecule has 0 saturated carbocycles. The van der Waals surface area contributed by atoms with Crippen LogP contribution < -0.4 is 4.74 Å². The summed E-state index contributed by atoms with van der Waals surface area (Å²) in [5, 5.41) is 0.683. The number of carbonyl (C=O) groups is 1. The van der Waals surface area contributed by atoms with Crippen LogP contribution in [0.15, 0.2) is 42.5 Å². The lowest BCUT2D eigenvalue weighted by Gasteiger charge is -2.33. The highest BCUT2D eigenvalue weighted by atomic mass is 35.5. The first-order chi connectivity index (χ1) is 13.7. The van der Waals surface area contributed by atoms with Crippen LogP contribution in [0, 0.1) is 0 Å². The quantitative estimate of drug-likeness (QED) is 0.588. The maximum atomic E-state index is 12.7. The molecule has 0 aliphatic carbocycles. The minimum Gasteiger partial charge on any atom is -0.406 e. The second kappa shape index (κ2) is 9.24. The number of alkyl halides is 3. The minimum absolute atomic E-state index is 0.120. The molecule has 29 heavy (non-hydrogen) atoms. The molecule has 0 N–H and O–H groups in total. The Bertz CT molecular complexity index is 876. The van der Waals surface area contributed by atoms with Gasteiger partial charge in [0.25, 0.3) is 5.91 Å². The van der Waals surface area contributed by atoms with E-state index >= 15 is 0 Å². The van der Waals surface area contributed by atoms with Crippen LogP contribution in [-0.2, 0) is 11.3 Å². The molecular formula is C20H18Cl2F3NO3. The number of carbonyl (C=O) groups excluding carboxylic acids is 1. The summed E-state index contributed by atoms with van der Waals surface area (Å²) in [5.41, 5.74) is 0.997. The molecular weight excluding hydrogens is 430 g/mol. The molecule has 2 aromatic rings. The highest BCUT2D eigenvalue weighted by Gasteiger charge is 2.31. The van der Waals surface area contributed by atoms with Gasteiger partial charge in [-0.2, -0.15) is 0 Å². The number of nitrogens with zero attached hydrogens (tertiary/aromatic N) is 1. The Labute approximate surface area is 176 Å². The number of benzene rings is 2. The van der Waals surface area contributed by atoms with Gasteiger partial charge >= 0.3 is 6.36 Å². The van der Waals surface area contributed by atoms with Crippen molar-refractivity contribution < 1.29 is 27.4 Å². The summed E-state index contributed by atoms with van der Waals surface area (Å²) in [4.78, 5) is 14.4. The van der Waals surface area contributed by atoms with Gasteiger partial charge in [0, 0.05) is 18.7 Å². The number of rotatable bonds is 5. The summed E-state index contributed by atoms with van der Waals surface area (Å²) >= 11 is 11.9. The van der Waals surface area contributed by atoms with Crippen molar-refractivity contribution >= 4 is 29.1 Å². The SMILES string of the molecule is O=C(c1ccc(Cl)c(Cl)c1)N1CCC[C@@H](OCc2cccc(OC(F)(F)F)c2)C1. The van der Waals surface area contributed by atoms with Crippen molar-refractivity contribution in [3.05, 3.63) is 63.6 Å². The van der Waals surface area contributed by atoms with Gasteiger partial charge in [0.05, 0.1) is 22.8 Å². The molecule has 1 heterocycles. The van der Waals surface area contributed by atoms with E-state index in [1.807, 2.05) is 0 Å². The van der Waals surface area contributed by atoms with Crippen molar-refractivity contribution in [1.29, 1.82) is 0 Å². The number of hydrogen-bond acceptors (Lipinski definition) is 3. The van der Waals surface area contributed by atoms with Crippen LogP contribution in [0.5, 0.6) is 5.75 Å². The van der Waals surface area contributed by atoms with E-state index in [1.54, 1.807) is 23.1 Å². The fourth-order valence-corrected chi connectivity index (χ4v) is 3.41. The Morgan fingerprint density at radius 1 is 1.14 bits per heavy atom. The fourth-order valence-electron chi connectivity index (χ4n) is 3.12. The molecule has 156 valence electrons. The van der Waals surface area contributed by atoms with Gasteiger partial charge in [-0.1, -0.05) is 35.3 Å². The number of ether oxygens (including phenoxy) is 2. The average molecular weight is 448 g/mol. The summed E-state index contributed by atoms with van der Waals surface area (Å²) in [6.45, 7) is 1.10. The predicted molar refractivity (Wildman–Crippen MR) is 103 cm³/mol. The predicted octanol–water partition coefficient (Wildman–Crippen LogP) is 5.71. The van der Waals surface area contributed by atoms with Crippen LogP contribution in [0.1, 0.15) is 28.8 Å². The van der Waals surface area contributed by atoms with Gasteiger partial charge < -0.3 is 14.4 Å². The normalized spacial score (nSPS) is 17.3. The summed E-state index contributed by atoms with van der Waals surface area (Å²) < 4.78 is 46.8. The van der Waals surface area contributed by atoms with Crippen LogP contribution in [0.25, 0.3) is 0 Å². The Kier molecular flexibility index (Phi) is 6.93. The molecule has 4 nitrogen and oxygen atoms in total. The molecule has 0 bridgehead atoms. The maximum absolute atomic E-state index is 12.7. The second-order valence-corrected chi connectivity index (χ2v) is 7.46. The molecule has 1 aliphatic rings. The molecule has 1 atom stereocenters. The fraction of sp³-hybridized carbons (Fsp3) is 0.350. The van der Waals surface area contributed by atoms with Crippen LogP contribution in [0.3, 0.4) is 0 Å². The molecule has 1 saturated heterocycles. The standard InChI is InChI=1S/C20H18Cl2F3NO3/c21-17-7-6-14(10-18(17)22)19(27)26-8-2-5-16(11-26)28-12-13-3-1-4-15(9-13)29-20(23,24)25/h1,3-4,6-7,9-10,16H,2,5,8,11-12H2/t16-/m1/s1. The Balaban J connectivity index is 1.58. The third kappa shape index (κ3) is 6.26. The van der Waals surface area contributed by atoms with E-state index in [0.717, 1.165) is 12.8 Å². The van der Waals surface area contributed by atoms with E-state index < -0.39 is 6.36 Å². The first-order valence-corrected chi connectivity index (χ1v) is 9.67. The van der Waals surface area contributed by atoms with Crippen molar-refractivity contribution in [2.75, 3.05) is 13.1 Å². The second-order valence-electron chi connectivity index (χ2n) is 6.65. The van der Waals surface area contributed by atoms with E-state index in [4.69, 9.17) is 27.9 Å². The highest BCUT2D eigenvalue weighted by molar-refractivity contribution is 6.42. The number of halogens is 5. The summed E-state index contributed by atoms with van der Waals surface area (Å²) in [6, 6.07) is 10.4. The summed E-state index contributed by atoms with van der Waals surface area (Å²) in [6.07, 6.45) is -3.45. The zero-order chi connectivity index (χ0) is 21.0. The van der Waals surface area contributed by atoms with Gasteiger partial charge in [-0.05, 0) is 48.7 Å². The third-order valence-corrected chi connectivity index (χ3v) is 5.19. The molecule has 1 amide bonds. The van der Waals surface area contributed by atoms with Crippen molar-refractivity contribution in [3.63, 3.8) is 0 Å². The molecule has 1 aliphatic heterocycles. The molecule has 0 aromatic heterocycles. The number of amides is 1. The van der Waals surface area contributed by atoms with Crippen molar-refractivity contribution in [1.82, 2.24) is 4.90 Å². The zero-order valence-electron chi connectivity index (χ0n) is 15.2. The largest absolute Gasteiger partial charge is 0.573 e. The monoisotopic (exact) mass is 447 g/mol. The highest BCUT2D eigenvalue weighted by Crippen LogP contribution is 2.26. The molecule has 9 heteroatoms. The van der Waals surface area contributed by atoms with Crippen molar-refractivity contribution in [3.8, 4) is 5.75 Å². The molecule has 3 rings (SSSR count). The maximum Gasteiger partial charge on any atom is 0.573 e. The van der Waals surface area contributed by atoms with Crippen LogP contribution in [0.2, 0.25) is 10.0 Å². The average Bonchev–Trinajstić information content (AvgIpc) is 2.67. The first-order valence-electron chi connectivity index (χ1n) is 8.92. The molecule has 1 fully saturated rings. The topological polar surface area (TPSA) is 38.8 Å². The van der Waals surface area contributed by atoms with Gasteiger partial charge in [0.1, 0.15) is 5.75 Å². The van der Waals surface area contributed by atoms with Gasteiger partial charge in [-0.15, -0.1) is 13.2 Å². The van der Waals surface area contributed by atoms with E-state index in [0.29, 0.717) is 34.3 Å². The van der Waals surface area contributed by atoms with Gasteiger partial charge in [0.2, 0.25) is 0 Å². The summed E-state index contributed by atoms with van der Waals surface area (Å²) in [7, 11) is 0. The van der Waals surface area contributed by atoms with Crippen LogP contribution in [-0.4, -0.2) is 36.4 Å². The van der Waals surface area contributed by atoms with Crippen LogP contribution in [0.4, 0.5) is 13.2 Å². The Morgan fingerprint density at radius 2 is 1.93 bits per heavy atom. The number of piperidine rings is 1. The lowest BCUT2D eigenvalue weighted by molar-refractivity contribution is -0.274. The molecule has 0 radical (unpaired) electrons. The van der Waals surface area contributed by atoms with Crippen molar-refractivity contribution in [2.45, 2.75) is 31.9 Å². The molecule has 0 spiro atoms. The van der Waals surface area contributed by atoms with E-state index in [2.05, 4.69) is 4.74 Å². The minimum atomic E-state index is -4.74. The number of likely N-dealkylation sites (tertiary alicyclic amines) is 1. The number of hydrogen-bond donors (Lipinski definition) is 0. The lowest BCUT2D eigenvalue weighted by Crippen LogP contribution is -2.43. The zero-order valence-corrected chi connectivity index (χ0v) is 16.7. The lowest BCUT2D eigenvalue weighted by atomic mass is 10.1. The Morgan fingerprint density at radius 3 is 2.66 bits per heavy atom. The molecule has 2 aromatic carbocycles. The van der Waals surface area contributed by atoms with Crippen molar-refractivity contribution in [2.24, 2.45) is 0 Å². The van der Waals surface area contributed by atoms with Crippen LogP contribution >= 0.6 is 23.2 Å². The smallest absolute Gasteiger partial charge is 0.406 e. The summed E-state index contributed by atoms with van der Waals surface area (Å²) in [5.74, 6) is -0.462. The molecule has 0 unspecified atom stereocenters. The van der Waals surface area contributed by atoms with Gasteiger partial charge in [0.15, 0.2) is 0 Å². The van der Waals surface area contributed by atoms with E-state index in [1.165, 1.54) is 24.3 Å². The van der Waals surface area contributed by atoms with Gasteiger partial charge in [-0.25, -0.2) is 0 Å². The van der Waals surface area contributed by atoms with Gasteiger partial charge in [-0.3, -0.25) is 4.79 Å².